The first-order valence-electron chi connectivity index (χ1n) is 9.10. The van der Waals surface area contributed by atoms with E-state index in [9.17, 15) is 14.7 Å². The van der Waals surface area contributed by atoms with E-state index >= 15 is 0 Å². The van der Waals surface area contributed by atoms with Gasteiger partial charge < -0.3 is 20.2 Å². The fourth-order valence-electron chi connectivity index (χ4n) is 3.25. The Kier molecular flexibility index (Phi) is 5.64. The lowest BCUT2D eigenvalue weighted by molar-refractivity contribution is 0.0859. The molecule has 1 heterocycles. The van der Waals surface area contributed by atoms with E-state index in [0.717, 1.165) is 11.4 Å². The van der Waals surface area contributed by atoms with Crippen molar-refractivity contribution >= 4 is 23.2 Å². The van der Waals surface area contributed by atoms with Crippen LogP contribution in [0.25, 0.3) is 0 Å². The van der Waals surface area contributed by atoms with Crippen molar-refractivity contribution in [2.24, 2.45) is 5.92 Å². The molecule has 1 aliphatic heterocycles. The molecule has 6 heteroatoms. The predicted molar refractivity (Wildman–Crippen MR) is 107 cm³/mol. The van der Waals surface area contributed by atoms with Gasteiger partial charge in [0.1, 0.15) is 5.75 Å². The third-order valence-electron chi connectivity index (χ3n) is 4.94. The number of likely N-dealkylation sites (tertiary alicyclic amines) is 1. The molecule has 6 nitrogen and oxygen atoms in total. The van der Waals surface area contributed by atoms with Crippen LogP contribution in [0, 0.1) is 5.92 Å². The van der Waals surface area contributed by atoms with Gasteiger partial charge in [0.15, 0.2) is 5.78 Å². The standard InChI is InChI=1S/C21H25N3O3/c1-23(2)18-7-5-17(6-8-18)22-21(27)24-13-11-16(12-14-24)20(26)15-3-9-19(25)10-4-15/h3-10,16,25H,11-14H2,1-2H3,(H,22,27). The van der Waals surface area contributed by atoms with Gasteiger partial charge in [0.25, 0.3) is 0 Å². The average molecular weight is 367 g/mol. The van der Waals surface area contributed by atoms with Crippen molar-refractivity contribution in [2.45, 2.75) is 12.8 Å². The molecule has 0 bridgehead atoms. The van der Waals surface area contributed by atoms with Crippen LogP contribution in [0.5, 0.6) is 5.75 Å². The van der Waals surface area contributed by atoms with Gasteiger partial charge in [0.2, 0.25) is 0 Å². The minimum atomic E-state index is -0.136. The number of hydrogen-bond donors (Lipinski definition) is 2. The quantitative estimate of drug-likeness (QED) is 0.810. The molecule has 142 valence electrons. The molecule has 0 aromatic heterocycles. The van der Waals surface area contributed by atoms with Crippen LogP contribution in [-0.4, -0.2) is 49.0 Å². The zero-order valence-electron chi connectivity index (χ0n) is 15.7. The highest BCUT2D eigenvalue weighted by Crippen LogP contribution is 2.24. The number of rotatable bonds is 4. The Morgan fingerprint density at radius 3 is 2.15 bits per heavy atom. The number of phenolic OH excluding ortho intramolecular Hbond substituents is 1. The summed E-state index contributed by atoms with van der Waals surface area (Å²) in [6.45, 7) is 1.10. The first-order valence-corrected chi connectivity index (χ1v) is 9.10. The Hall–Kier alpha value is -3.02. The third-order valence-corrected chi connectivity index (χ3v) is 4.94. The molecule has 3 rings (SSSR count). The Morgan fingerprint density at radius 2 is 1.59 bits per heavy atom. The van der Waals surface area contributed by atoms with Crippen LogP contribution in [0.1, 0.15) is 23.2 Å². The van der Waals surface area contributed by atoms with Crippen LogP contribution in [0.3, 0.4) is 0 Å². The second-order valence-electron chi connectivity index (χ2n) is 7.04. The summed E-state index contributed by atoms with van der Waals surface area (Å²) in [6, 6.07) is 13.9. The highest BCUT2D eigenvalue weighted by Gasteiger charge is 2.28. The lowest BCUT2D eigenvalue weighted by atomic mass is 9.89. The maximum absolute atomic E-state index is 12.6. The number of urea groups is 1. The number of nitrogens with one attached hydrogen (secondary N) is 1. The van der Waals surface area contributed by atoms with Gasteiger partial charge in [-0.05, 0) is 61.4 Å². The van der Waals surface area contributed by atoms with E-state index in [-0.39, 0.29) is 23.5 Å². The first-order chi connectivity index (χ1) is 12.9. The molecule has 1 fully saturated rings. The lowest BCUT2D eigenvalue weighted by Crippen LogP contribution is -2.42. The molecule has 0 saturated carbocycles. The number of benzene rings is 2. The molecule has 2 amide bonds. The predicted octanol–water partition coefficient (Wildman–Crippen LogP) is 3.59. The Bertz CT molecular complexity index is 792. The van der Waals surface area contributed by atoms with Gasteiger partial charge in [-0.2, -0.15) is 0 Å². The van der Waals surface area contributed by atoms with E-state index in [1.807, 2.05) is 43.3 Å². The van der Waals surface area contributed by atoms with Gasteiger partial charge in [0, 0.05) is 50.0 Å². The second-order valence-corrected chi connectivity index (χ2v) is 7.04. The Labute approximate surface area is 159 Å². The van der Waals surface area contributed by atoms with Gasteiger partial charge in [-0.3, -0.25) is 4.79 Å². The van der Waals surface area contributed by atoms with Crippen molar-refractivity contribution < 1.29 is 14.7 Å². The van der Waals surface area contributed by atoms with Crippen LogP contribution in [0.4, 0.5) is 16.2 Å². The van der Waals surface area contributed by atoms with Gasteiger partial charge in [-0.25, -0.2) is 4.79 Å². The Balaban J connectivity index is 1.53. The van der Waals surface area contributed by atoms with Crippen molar-refractivity contribution in [1.82, 2.24) is 4.90 Å². The molecule has 0 unspecified atom stereocenters. The number of aromatic hydroxyl groups is 1. The number of Topliss-reactive ketones (excluding diaryl/α,β-unsaturated/α-hetero) is 1. The molecule has 0 radical (unpaired) electrons. The molecule has 2 N–H and O–H groups in total. The maximum Gasteiger partial charge on any atom is 0.321 e. The summed E-state index contributed by atoms with van der Waals surface area (Å²) in [7, 11) is 3.94. The van der Waals surface area contributed by atoms with Crippen molar-refractivity contribution in [3.63, 3.8) is 0 Å². The van der Waals surface area contributed by atoms with Gasteiger partial charge >= 0.3 is 6.03 Å². The number of anilines is 2. The smallest absolute Gasteiger partial charge is 0.321 e. The van der Waals surface area contributed by atoms with E-state index in [1.54, 1.807) is 17.0 Å². The molecule has 2 aromatic carbocycles. The summed E-state index contributed by atoms with van der Waals surface area (Å²) in [5, 5.41) is 12.3. The van der Waals surface area contributed by atoms with Crippen molar-refractivity contribution in [3.8, 4) is 5.75 Å². The highest BCUT2D eigenvalue weighted by molar-refractivity contribution is 5.98. The largest absolute Gasteiger partial charge is 0.508 e. The number of hydrogen-bond acceptors (Lipinski definition) is 4. The first kappa shape index (κ1) is 18.8. The molecule has 2 aromatic rings. The number of nitrogens with zero attached hydrogens (tertiary/aromatic N) is 2. The number of amides is 2. The van der Waals surface area contributed by atoms with E-state index in [1.165, 1.54) is 12.1 Å². The summed E-state index contributed by atoms with van der Waals surface area (Å²) in [6.07, 6.45) is 1.29. The summed E-state index contributed by atoms with van der Waals surface area (Å²) in [4.78, 5) is 28.8. The zero-order chi connectivity index (χ0) is 19.4. The molecule has 1 aliphatic rings. The number of ketones is 1. The number of phenols is 1. The maximum atomic E-state index is 12.6. The topological polar surface area (TPSA) is 72.9 Å². The SMILES string of the molecule is CN(C)c1ccc(NC(=O)N2CCC(C(=O)c3ccc(O)cc3)CC2)cc1. The van der Waals surface area contributed by atoms with Crippen LogP contribution in [-0.2, 0) is 0 Å². The molecule has 1 saturated heterocycles. The van der Waals surface area contributed by atoms with Crippen molar-refractivity contribution in [2.75, 3.05) is 37.4 Å². The van der Waals surface area contributed by atoms with Crippen LogP contribution < -0.4 is 10.2 Å². The fourth-order valence-corrected chi connectivity index (χ4v) is 3.25. The molecule has 27 heavy (non-hydrogen) atoms. The number of carbonyl (C=O) groups is 2. The number of carbonyl (C=O) groups excluding carboxylic acids is 2. The van der Waals surface area contributed by atoms with E-state index in [2.05, 4.69) is 5.32 Å². The fraction of sp³-hybridized carbons (Fsp3) is 0.333. The highest BCUT2D eigenvalue weighted by atomic mass is 16.3. The summed E-state index contributed by atoms with van der Waals surface area (Å²) in [5.41, 5.74) is 2.44. The van der Waals surface area contributed by atoms with Crippen LogP contribution in [0.15, 0.2) is 48.5 Å². The average Bonchev–Trinajstić information content (AvgIpc) is 2.68. The van der Waals surface area contributed by atoms with E-state index < -0.39 is 0 Å². The Morgan fingerprint density at radius 1 is 1.00 bits per heavy atom. The van der Waals surface area contributed by atoms with E-state index in [0.29, 0.717) is 31.5 Å². The summed E-state index contributed by atoms with van der Waals surface area (Å²) in [5.74, 6) is 0.143. The summed E-state index contributed by atoms with van der Waals surface area (Å²) >= 11 is 0. The number of piperidine rings is 1. The third kappa shape index (κ3) is 4.58. The normalized spacial score (nSPS) is 14.7. The van der Waals surface area contributed by atoms with Crippen molar-refractivity contribution in [1.29, 1.82) is 0 Å². The molecule has 0 spiro atoms. The molecular formula is C21H25N3O3. The zero-order valence-corrected chi connectivity index (χ0v) is 15.7. The van der Waals surface area contributed by atoms with Gasteiger partial charge in [-0.15, -0.1) is 0 Å². The molecular weight excluding hydrogens is 342 g/mol. The monoisotopic (exact) mass is 367 g/mol. The molecule has 0 atom stereocenters. The summed E-state index contributed by atoms with van der Waals surface area (Å²) < 4.78 is 0. The van der Waals surface area contributed by atoms with Crippen LogP contribution in [0.2, 0.25) is 0 Å². The minimum absolute atomic E-state index is 0.0781. The molecule has 0 aliphatic carbocycles. The lowest BCUT2D eigenvalue weighted by Gasteiger charge is -2.31. The van der Waals surface area contributed by atoms with Gasteiger partial charge in [0.05, 0.1) is 0 Å². The van der Waals surface area contributed by atoms with E-state index in [4.69, 9.17) is 0 Å². The minimum Gasteiger partial charge on any atom is -0.508 e. The second kappa shape index (κ2) is 8.12. The van der Waals surface area contributed by atoms with Crippen molar-refractivity contribution in [3.05, 3.63) is 54.1 Å². The van der Waals surface area contributed by atoms with Gasteiger partial charge in [-0.1, -0.05) is 0 Å². The van der Waals surface area contributed by atoms with Crippen LogP contribution >= 0.6 is 0 Å².